The molecule has 13 heavy (non-hydrogen) atoms. The molecule has 0 rings (SSSR count). The molecular formula is C9H18N2OS. The van der Waals surface area contributed by atoms with Crippen LogP contribution in [0.1, 0.15) is 20.8 Å². The molecule has 4 heteroatoms. The van der Waals surface area contributed by atoms with Gasteiger partial charge < -0.3 is 10.6 Å². The van der Waals surface area contributed by atoms with Gasteiger partial charge in [-0.3, -0.25) is 4.79 Å². The van der Waals surface area contributed by atoms with E-state index in [2.05, 4.69) is 0 Å². The monoisotopic (exact) mass is 202 g/mol. The number of rotatable bonds is 4. The van der Waals surface area contributed by atoms with E-state index in [0.29, 0.717) is 11.5 Å². The first-order chi connectivity index (χ1) is 5.91. The van der Waals surface area contributed by atoms with E-state index in [1.165, 1.54) is 0 Å². The zero-order valence-electron chi connectivity index (χ0n) is 8.70. The van der Waals surface area contributed by atoms with Gasteiger partial charge in [-0.1, -0.05) is 26.1 Å². The molecule has 0 radical (unpaired) electrons. The van der Waals surface area contributed by atoms with Crippen molar-refractivity contribution in [1.29, 1.82) is 0 Å². The summed E-state index contributed by atoms with van der Waals surface area (Å²) < 4.78 is 0. The largest absolute Gasteiger partial charge is 0.393 e. The number of nitrogens with zero attached hydrogens (tertiary/aromatic N) is 1. The summed E-state index contributed by atoms with van der Waals surface area (Å²) in [6.07, 6.45) is 0. The summed E-state index contributed by atoms with van der Waals surface area (Å²) in [7, 11) is 1.76. The van der Waals surface area contributed by atoms with Crippen LogP contribution in [0, 0.1) is 11.8 Å². The van der Waals surface area contributed by atoms with Crippen LogP contribution >= 0.6 is 12.2 Å². The SMILES string of the molecule is CCN(C)C(=O)C(C(N)=S)C(C)C. The number of carbonyl (C=O) groups excluding carboxylic acids is 1. The van der Waals surface area contributed by atoms with Crippen molar-refractivity contribution in [2.24, 2.45) is 17.6 Å². The van der Waals surface area contributed by atoms with Gasteiger partial charge in [-0.05, 0) is 12.8 Å². The van der Waals surface area contributed by atoms with Crippen molar-refractivity contribution in [2.45, 2.75) is 20.8 Å². The molecule has 0 aliphatic carbocycles. The molecule has 0 heterocycles. The molecular weight excluding hydrogens is 184 g/mol. The Bertz CT molecular complexity index is 204. The number of hydrogen-bond acceptors (Lipinski definition) is 2. The highest BCUT2D eigenvalue weighted by molar-refractivity contribution is 7.80. The third-order valence-corrected chi connectivity index (χ3v) is 2.34. The Kier molecular flexibility index (Phi) is 4.91. The molecule has 0 aliphatic heterocycles. The highest BCUT2D eigenvalue weighted by Crippen LogP contribution is 2.13. The molecule has 2 N–H and O–H groups in total. The minimum atomic E-state index is -0.319. The van der Waals surface area contributed by atoms with Crippen LogP contribution < -0.4 is 5.73 Å². The third-order valence-electron chi connectivity index (χ3n) is 2.09. The fraction of sp³-hybridized carbons (Fsp3) is 0.778. The Labute approximate surface area is 85.3 Å². The highest BCUT2D eigenvalue weighted by atomic mass is 32.1. The van der Waals surface area contributed by atoms with Gasteiger partial charge >= 0.3 is 0 Å². The number of carbonyl (C=O) groups is 1. The Hall–Kier alpha value is -0.640. The summed E-state index contributed by atoms with van der Waals surface area (Å²) in [5, 5.41) is 0. The molecule has 1 atom stereocenters. The quantitative estimate of drug-likeness (QED) is 0.692. The smallest absolute Gasteiger partial charge is 0.232 e. The van der Waals surface area contributed by atoms with Gasteiger partial charge in [0.1, 0.15) is 0 Å². The Morgan fingerprint density at radius 1 is 1.54 bits per heavy atom. The number of amides is 1. The van der Waals surface area contributed by atoms with E-state index in [1.54, 1.807) is 11.9 Å². The minimum absolute atomic E-state index is 0.0185. The summed E-state index contributed by atoms with van der Waals surface area (Å²) in [6, 6.07) is 0. The van der Waals surface area contributed by atoms with Crippen molar-refractivity contribution in [1.82, 2.24) is 4.90 Å². The third kappa shape index (κ3) is 3.30. The van der Waals surface area contributed by atoms with Crippen molar-refractivity contribution in [3.05, 3.63) is 0 Å². The van der Waals surface area contributed by atoms with Gasteiger partial charge in [-0.15, -0.1) is 0 Å². The number of hydrogen-bond donors (Lipinski definition) is 1. The Balaban J connectivity index is 4.56. The molecule has 0 saturated heterocycles. The van der Waals surface area contributed by atoms with Gasteiger partial charge in [-0.2, -0.15) is 0 Å². The van der Waals surface area contributed by atoms with E-state index in [1.807, 2.05) is 20.8 Å². The molecule has 0 spiro atoms. The van der Waals surface area contributed by atoms with E-state index >= 15 is 0 Å². The second kappa shape index (κ2) is 5.17. The minimum Gasteiger partial charge on any atom is -0.393 e. The maximum absolute atomic E-state index is 11.7. The first-order valence-electron chi connectivity index (χ1n) is 4.46. The van der Waals surface area contributed by atoms with Crippen molar-refractivity contribution in [3.63, 3.8) is 0 Å². The van der Waals surface area contributed by atoms with Crippen molar-refractivity contribution in [3.8, 4) is 0 Å². The highest BCUT2D eigenvalue weighted by Gasteiger charge is 2.26. The predicted octanol–water partition coefficient (Wildman–Crippen LogP) is 1.02. The second-order valence-electron chi connectivity index (χ2n) is 3.48. The summed E-state index contributed by atoms with van der Waals surface area (Å²) in [5.41, 5.74) is 5.51. The molecule has 76 valence electrons. The lowest BCUT2D eigenvalue weighted by Gasteiger charge is -2.24. The first-order valence-corrected chi connectivity index (χ1v) is 4.86. The fourth-order valence-corrected chi connectivity index (χ4v) is 1.50. The van der Waals surface area contributed by atoms with Crippen LogP contribution in [-0.2, 0) is 4.79 Å². The van der Waals surface area contributed by atoms with E-state index in [9.17, 15) is 4.79 Å². The molecule has 0 aromatic carbocycles. The van der Waals surface area contributed by atoms with Crippen molar-refractivity contribution < 1.29 is 4.79 Å². The first kappa shape index (κ1) is 12.4. The van der Waals surface area contributed by atoms with Gasteiger partial charge in [0.05, 0.1) is 10.9 Å². The van der Waals surface area contributed by atoms with E-state index in [-0.39, 0.29) is 17.7 Å². The molecule has 1 amide bonds. The van der Waals surface area contributed by atoms with Crippen LogP contribution in [0.15, 0.2) is 0 Å². The van der Waals surface area contributed by atoms with E-state index in [4.69, 9.17) is 18.0 Å². The zero-order chi connectivity index (χ0) is 10.6. The lowest BCUT2D eigenvalue weighted by molar-refractivity contribution is -0.132. The molecule has 0 aromatic heterocycles. The lowest BCUT2D eigenvalue weighted by atomic mass is 9.94. The lowest BCUT2D eigenvalue weighted by Crippen LogP contribution is -2.41. The molecule has 0 aliphatic rings. The van der Waals surface area contributed by atoms with Gasteiger partial charge in [0, 0.05) is 13.6 Å². The standard InChI is InChI=1S/C9H18N2OS/c1-5-11(4)9(12)7(6(2)3)8(10)13/h6-7H,5H2,1-4H3,(H2,10,13). The van der Waals surface area contributed by atoms with Crippen LogP contribution in [0.2, 0.25) is 0 Å². The van der Waals surface area contributed by atoms with Crippen LogP contribution in [-0.4, -0.2) is 29.4 Å². The van der Waals surface area contributed by atoms with Gasteiger partial charge in [-0.25, -0.2) is 0 Å². The van der Waals surface area contributed by atoms with Crippen LogP contribution in [0.5, 0.6) is 0 Å². The maximum atomic E-state index is 11.7. The van der Waals surface area contributed by atoms with Crippen LogP contribution in [0.3, 0.4) is 0 Å². The van der Waals surface area contributed by atoms with Crippen molar-refractivity contribution >= 4 is 23.1 Å². The number of thiocarbonyl (C=S) groups is 1. The average Bonchev–Trinajstić information content (AvgIpc) is 2.01. The summed E-state index contributed by atoms with van der Waals surface area (Å²) in [6.45, 7) is 6.51. The normalized spacial score (nSPS) is 12.7. The predicted molar refractivity (Wildman–Crippen MR) is 58.4 cm³/mol. The topological polar surface area (TPSA) is 46.3 Å². The Morgan fingerprint density at radius 2 is 2.00 bits per heavy atom. The van der Waals surface area contributed by atoms with Crippen LogP contribution in [0.25, 0.3) is 0 Å². The van der Waals surface area contributed by atoms with E-state index < -0.39 is 0 Å². The zero-order valence-corrected chi connectivity index (χ0v) is 9.52. The molecule has 1 unspecified atom stereocenters. The molecule has 0 saturated carbocycles. The van der Waals surface area contributed by atoms with Gasteiger partial charge in [0.15, 0.2) is 0 Å². The summed E-state index contributed by atoms with van der Waals surface area (Å²) >= 11 is 4.87. The molecule has 3 nitrogen and oxygen atoms in total. The van der Waals surface area contributed by atoms with Crippen molar-refractivity contribution in [2.75, 3.05) is 13.6 Å². The average molecular weight is 202 g/mol. The number of nitrogens with two attached hydrogens (primary N) is 1. The molecule has 0 fully saturated rings. The Morgan fingerprint density at radius 3 is 2.23 bits per heavy atom. The summed E-state index contributed by atoms with van der Waals surface area (Å²) in [5.74, 6) is -0.135. The second-order valence-corrected chi connectivity index (χ2v) is 3.95. The maximum Gasteiger partial charge on any atom is 0.232 e. The van der Waals surface area contributed by atoms with Crippen LogP contribution in [0.4, 0.5) is 0 Å². The van der Waals surface area contributed by atoms with Gasteiger partial charge in [0.25, 0.3) is 0 Å². The summed E-state index contributed by atoms with van der Waals surface area (Å²) in [4.78, 5) is 13.7. The van der Waals surface area contributed by atoms with Gasteiger partial charge in [0.2, 0.25) is 5.91 Å². The molecule has 0 bridgehead atoms. The molecule has 0 aromatic rings. The fourth-order valence-electron chi connectivity index (χ4n) is 1.13. The van der Waals surface area contributed by atoms with E-state index in [0.717, 1.165) is 0 Å².